The summed E-state index contributed by atoms with van der Waals surface area (Å²) in [6.45, 7) is 3.24. The van der Waals surface area contributed by atoms with Crippen LogP contribution in [-0.4, -0.2) is 37.8 Å². The Morgan fingerprint density at radius 1 is 1.15 bits per heavy atom. The van der Waals surface area contributed by atoms with E-state index in [1.807, 2.05) is 6.92 Å². The molecule has 0 amide bonds. The number of rotatable bonds is 9. The van der Waals surface area contributed by atoms with Crippen molar-refractivity contribution < 1.29 is 24.1 Å². The minimum Gasteiger partial charge on any atom is -0.503 e. The Morgan fingerprint density at radius 3 is 2.54 bits per heavy atom. The molecule has 0 unspecified atom stereocenters. The zero-order valence-electron chi connectivity index (χ0n) is 14.7. The van der Waals surface area contributed by atoms with Gasteiger partial charge >= 0.3 is 0 Å². The van der Waals surface area contributed by atoms with E-state index in [2.05, 4.69) is 15.9 Å². The second-order valence-electron chi connectivity index (χ2n) is 5.35. The van der Waals surface area contributed by atoms with Crippen molar-refractivity contribution in [2.24, 2.45) is 0 Å². The van der Waals surface area contributed by atoms with Crippen molar-refractivity contribution in [3.63, 3.8) is 0 Å². The molecule has 5 nitrogen and oxygen atoms in total. The maximum absolute atomic E-state index is 12.3. The number of methoxy groups -OCH3 is 1. The van der Waals surface area contributed by atoms with E-state index in [0.29, 0.717) is 41.4 Å². The molecule has 0 aliphatic heterocycles. The van der Waals surface area contributed by atoms with Gasteiger partial charge in [0.25, 0.3) is 0 Å². The summed E-state index contributed by atoms with van der Waals surface area (Å²) in [6, 6.07) is 10.3. The van der Waals surface area contributed by atoms with Crippen LogP contribution in [0.3, 0.4) is 0 Å². The topological polar surface area (TPSA) is 65.0 Å². The SMILES string of the molecule is CCOc1cc(/C=C/C(=O)c2ccc(OCCOC)cc2)cc(Br)c1O. The standard InChI is InChI=1S/C20H21BrO5/c1-3-25-19-13-14(12-17(21)20(19)23)4-9-18(22)15-5-7-16(8-6-15)26-11-10-24-2/h4-9,12-13,23H,3,10-11H2,1-2H3/b9-4+. The third kappa shape index (κ3) is 5.61. The Hall–Kier alpha value is -2.31. The Balaban J connectivity index is 2.07. The number of hydrogen-bond donors (Lipinski definition) is 1. The van der Waals surface area contributed by atoms with Gasteiger partial charge in [0.2, 0.25) is 0 Å². The Labute approximate surface area is 161 Å². The highest BCUT2D eigenvalue weighted by molar-refractivity contribution is 9.10. The second kappa shape index (κ2) is 9.99. The molecule has 0 atom stereocenters. The number of benzene rings is 2. The fraction of sp³-hybridized carbons (Fsp3) is 0.250. The van der Waals surface area contributed by atoms with Crippen molar-refractivity contribution in [1.82, 2.24) is 0 Å². The monoisotopic (exact) mass is 420 g/mol. The molecule has 0 aliphatic carbocycles. The van der Waals surface area contributed by atoms with Crippen LogP contribution >= 0.6 is 15.9 Å². The highest BCUT2D eigenvalue weighted by atomic mass is 79.9. The van der Waals surface area contributed by atoms with E-state index in [1.54, 1.807) is 49.6 Å². The van der Waals surface area contributed by atoms with Crippen LogP contribution in [0.5, 0.6) is 17.2 Å². The molecule has 0 radical (unpaired) electrons. The van der Waals surface area contributed by atoms with Gasteiger partial charge in [-0.2, -0.15) is 0 Å². The van der Waals surface area contributed by atoms with Gasteiger partial charge in [-0.1, -0.05) is 6.08 Å². The zero-order chi connectivity index (χ0) is 18.9. The first kappa shape index (κ1) is 20.0. The summed E-state index contributed by atoms with van der Waals surface area (Å²) in [5, 5.41) is 9.93. The van der Waals surface area contributed by atoms with Gasteiger partial charge in [-0.15, -0.1) is 0 Å². The number of hydrogen-bond acceptors (Lipinski definition) is 5. The molecule has 0 saturated carbocycles. The summed E-state index contributed by atoms with van der Waals surface area (Å²) in [6.07, 6.45) is 3.16. The first-order valence-electron chi connectivity index (χ1n) is 8.14. The van der Waals surface area contributed by atoms with Gasteiger partial charge in [-0.25, -0.2) is 0 Å². The average molecular weight is 421 g/mol. The number of ketones is 1. The number of phenols is 1. The largest absolute Gasteiger partial charge is 0.503 e. The highest BCUT2D eigenvalue weighted by Gasteiger charge is 2.08. The van der Waals surface area contributed by atoms with Crippen LogP contribution < -0.4 is 9.47 Å². The van der Waals surface area contributed by atoms with Crippen LogP contribution in [0, 0.1) is 0 Å². The van der Waals surface area contributed by atoms with E-state index in [1.165, 1.54) is 6.08 Å². The molecule has 0 aliphatic rings. The molecule has 26 heavy (non-hydrogen) atoms. The van der Waals surface area contributed by atoms with Crippen molar-refractivity contribution >= 4 is 27.8 Å². The lowest BCUT2D eigenvalue weighted by Crippen LogP contribution is -2.04. The van der Waals surface area contributed by atoms with E-state index in [9.17, 15) is 9.90 Å². The molecule has 0 aromatic heterocycles. The van der Waals surface area contributed by atoms with E-state index < -0.39 is 0 Å². The molecule has 2 aromatic rings. The molecule has 6 heteroatoms. The Kier molecular flexibility index (Phi) is 7.69. The van der Waals surface area contributed by atoms with Gasteiger partial charge in [0.15, 0.2) is 17.3 Å². The summed E-state index contributed by atoms with van der Waals surface area (Å²) in [5.41, 5.74) is 1.30. The molecule has 2 aromatic carbocycles. The van der Waals surface area contributed by atoms with Crippen molar-refractivity contribution in [2.45, 2.75) is 6.92 Å². The third-order valence-corrected chi connectivity index (χ3v) is 4.08. The predicted octanol–water partition coefficient (Wildman–Crippen LogP) is 4.47. The smallest absolute Gasteiger partial charge is 0.185 e. The molecule has 2 rings (SSSR count). The van der Waals surface area contributed by atoms with Gasteiger partial charge in [0.05, 0.1) is 17.7 Å². The predicted molar refractivity (Wildman–Crippen MR) is 104 cm³/mol. The molecule has 0 heterocycles. The number of carbonyl (C=O) groups excluding carboxylic acids is 1. The maximum atomic E-state index is 12.3. The Bertz CT molecular complexity index is 769. The number of aromatic hydroxyl groups is 1. The zero-order valence-corrected chi connectivity index (χ0v) is 16.3. The van der Waals surface area contributed by atoms with Crippen LogP contribution in [0.2, 0.25) is 0 Å². The van der Waals surface area contributed by atoms with Crippen LogP contribution in [0.15, 0.2) is 46.9 Å². The van der Waals surface area contributed by atoms with Crippen molar-refractivity contribution in [2.75, 3.05) is 26.9 Å². The first-order chi connectivity index (χ1) is 12.5. The summed E-state index contributed by atoms with van der Waals surface area (Å²) in [7, 11) is 1.61. The van der Waals surface area contributed by atoms with Crippen LogP contribution in [0.4, 0.5) is 0 Å². The number of allylic oxidation sites excluding steroid dienone is 1. The average Bonchev–Trinajstić information content (AvgIpc) is 2.64. The van der Waals surface area contributed by atoms with E-state index in [0.717, 1.165) is 5.56 Å². The number of halogens is 1. The van der Waals surface area contributed by atoms with Gasteiger partial charge in [-0.3, -0.25) is 4.79 Å². The third-order valence-electron chi connectivity index (χ3n) is 3.47. The van der Waals surface area contributed by atoms with Crippen LogP contribution in [0.25, 0.3) is 6.08 Å². The quantitative estimate of drug-likeness (QED) is 0.368. The maximum Gasteiger partial charge on any atom is 0.185 e. The van der Waals surface area contributed by atoms with Crippen LogP contribution in [-0.2, 0) is 4.74 Å². The number of carbonyl (C=O) groups is 1. The molecular weight excluding hydrogens is 400 g/mol. The lowest BCUT2D eigenvalue weighted by molar-refractivity contribution is 0.104. The highest BCUT2D eigenvalue weighted by Crippen LogP contribution is 2.35. The minimum atomic E-state index is -0.129. The van der Waals surface area contributed by atoms with Crippen molar-refractivity contribution in [3.05, 3.63) is 58.1 Å². The van der Waals surface area contributed by atoms with Gasteiger partial charge in [0.1, 0.15) is 12.4 Å². The van der Waals surface area contributed by atoms with E-state index in [-0.39, 0.29) is 11.5 Å². The number of ether oxygens (including phenoxy) is 3. The molecule has 0 spiro atoms. The number of phenolic OH excluding ortho intramolecular Hbond substituents is 1. The molecule has 0 bridgehead atoms. The fourth-order valence-corrected chi connectivity index (χ4v) is 2.64. The molecule has 0 fully saturated rings. The molecule has 0 saturated heterocycles. The summed E-state index contributed by atoms with van der Waals surface area (Å²) in [5.74, 6) is 0.966. The van der Waals surface area contributed by atoms with Gasteiger partial charge in [0, 0.05) is 12.7 Å². The van der Waals surface area contributed by atoms with Crippen molar-refractivity contribution in [3.8, 4) is 17.2 Å². The van der Waals surface area contributed by atoms with Gasteiger partial charge < -0.3 is 19.3 Å². The van der Waals surface area contributed by atoms with E-state index >= 15 is 0 Å². The normalized spacial score (nSPS) is 10.9. The van der Waals surface area contributed by atoms with Crippen LogP contribution in [0.1, 0.15) is 22.8 Å². The molecular formula is C20H21BrO5. The first-order valence-corrected chi connectivity index (χ1v) is 8.94. The lowest BCUT2D eigenvalue weighted by atomic mass is 10.1. The van der Waals surface area contributed by atoms with E-state index in [4.69, 9.17) is 14.2 Å². The summed E-state index contributed by atoms with van der Waals surface area (Å²) < 4.78 is 16.3. The Morgan fingerprint density at radius 2 is 1.88 bits per heavy atom. The lowest BCUT2D eigenvalue weighted by Gasteiger charge is -2.08. The van der Waals surface area contributed by atoms with Crippen molar-refractivity contribution in [1.29, 1.82) is 0 Å². The molecule has 138 valence electrons. The second-order valence-corrected chi connectivity index (χ2v) is 6.20. The molecule has 1 N–H and O–H groups in total. The summed E-state index contributed by atoms with van der Waals surface area (Å²) >= 11 is 3.28. The minimum absolute atomic E-state index is 0.0411. The van der Waals surface area contributed by atoms with Gasteiger partial charge in [-0.05, 0) is 70.9 Å². The fourth-order valence-electron chi connectivity index (χ4n) is 2.18. The summed E-state index contributed by atoms with van der Waals surface area (Å²) in [4.78, 5) is 12.3.